The molecule has 2 fully saturated rings. The van der Waals surface area contributed by atoms with Crippen LogP contribution in [0.25, 0.3) is 33.8 Å². The third-order valence-electron chi connectivity index (χ3n) is 13.5. The molecule has 0 bridgehead atoms. The molecule has 5 N–H and O–H groups in total. The molecule has 2 aliphatic rings. The number of likely N-dealkylation sites (N-methyl/N-ethyl adjacent to an activating group) is 1. The van der Waals surface area contributed by atoms with Gasteiger partial charge in [-0.05, 0) is 91.0 Å². The van der Waals surface area contributed by atoms with Gasteiger partial charge in [-0.25, -0.2) is 19.0 Å². The van der Waals surface area contributed by atoms with Crippen LogP contribution in [0.5, 0.6) is 34.5 Å². The molecule has 12 rings (SSSR count). The Balaban J connectivity index is 0.000000167. The molecule has 8 heterocycles. The smallest absolute Gasteiger partial charge is 0.387 e. The molecule has 0 radical (unpaired) electrons. The zero-order valence-electron chi connectivity index (χ0n) is 42.3. The number of ether oxygens (including phenoxy) is 4. The van der Waals surface area contributed by atoms with Crippen LogP contribution in [0.1, 0.15) is 45.7 Å². The Morgan fingerprint density at radius 2 is 1.05 bits per heavy atom. The Morgan fingerprint density at radius 3 is 1.48 bits per heavy atom. The summed E-state index contributed by atoms with van der Waals surface area (Å²) in [7, 11) is 2.08. The molecule has 20 nitrogen and oxygen atoms in total. The van der Waals surface area contributed by atoms with Gasteiger partial charge in [0.25, 0.3) is 11.8 Å². The van der Waals surface area contributed by atoms with Gasteiger partial charge in [-0.15, -0.1) is 0 Å². The third kappa shape index (κ3) is 10.9. The third-order valence-corrected chi connectivity index (χ3v) is 13.5. The molecule has 79 heavy (non-hydrogen) atoms. The lowest BCUT2D eigenvalue weighted by molar-refractivity contribution is -0.0501. The van der Waals surface area contributed by atoms with Crippen LogP contribution < -0.4 is 34.9 Å². The second kappa shape index (κ2) is 21.4. The molecule has 0 unspecified atom stereocenters. The Morgan fingerprint density at radius 1 is 0.595 bits per heavy atom. The molecule has 10 aromatic rings. The van der Waals surface area contributed by atoms with Gasteiger partial charge in [0.2, 0.25) is 0 Å². The van der Waals surface area contributed by atoms with Crippen LogP contribution in [0.15, 0.2) is 147 Å². The van der Waals surface area contributed by atoms with Gasteiger partial charge in [0, 0.05) is 72.9 Å². The first-order valence-electron chi connectivity index (χ1n) is 24.6. The van der Waals surface area contributed by atoms with Crippen molar-refractivity contribution in [3.05, 3.63) is 169 Å². The van der Waals surface area contributed by atoms with E-state index in [2.05, 4.69) is 94.4 Å². The van der Waals surface area contributed by atoms with Crippen molar-refractivity contribution < 1.29 is 46.1 Å². The number of nitrogens with zero attached hydrogens (tertiary/aromatic N) is 9. The summed E-state index contributed by atoms with van der Waals surface area (Å²) in [5.41, 5.74) is 5.04. The summed E-state index contributed by atoms with van der Waals surface area (Å²) in [5.74, 6) is 0.781. The second-order valence-corrected chi connectivity index (χ2v) is 19.3. The van der Waals surface area contributed by atoms with Gasteiger partial charge in [-0.2, -0.15) is 38.0 Å². The minimum Gasteiger partial charge on any atom is -0.457 e. The van der Waals surface area contributed by atoms with Crippen molar-refractivity contribution in [2.24, 2.45) is 0 Å². The van der Waals surface area contributed by atoms with E-state index in [9.17, 15) is 27.2 Å². The van der Waals surface area contributed by atoms with E-state index in [4.69, 9.17) is 18.9 Å². The van der Waals surface area contributed by atoms with Crippen LogP contribution >= 0.6 is 0 Å². The molecule has 2 saturated heterocycles. The zero-order chi connectivity index (χ0) is 54.8. The van der Waals surface area contributed by atoms with Crippen molar-refractivity contribution in [2.75, 3.05) is 43.9 Å². The number of amides is 2. The van der Waals surface area contributed by atoms with Gasteiger partial charge in [0.05, 0.1) is 47.6 Å². The molecule has 0 spiro atoms. The lowest BCUT2D eigenvalue weighted by Crippen LogP contribution is -2.55. The Hall–Kier alpha value is -9.68. The number of halogens is 4. The van der Waals surface area contributed by atoms with Crippen molar-refractivity contribution in [3.8, 4) is 57.0 Å². The summed E-state index contributed by atoms with van der Waals surface area (Å²) in [6.07, 6.45) is 12.0. The number of nitrogens with one attached hydrogen (secondary N) is 5. The first kappa shape index (κ1) is 51.4. The standard InChI is InChI=1S/C28H25F2N7O3.C27H23F2N7O3/c1-28(15-36(2)16-28)17-5-3-6-18(11-17)39-19-7-8-23(40-27(29)30)20(12-19)24-22(14-32-35-24)34-26(38)21-13-33-37-10-4-9-31-25(21)37;1-27(14-30-15-27)16-4-2-5-17(10-16)38-18-6-7-22(39-26(28)29)19(11-18)23-21(13-32-35-23)34-25(37)20-12-33-36-9-3-8-31-24(20)36/h3-14,27H,15-16H2,1-2H3,(H,32,35)(H,34,38);2-13,26,30H,14-15H2,1H3,(H,32,35)(H,34,37). The van der Waals surface area contributed by atoms with Crippen molar-refractivity contribution in [2.45, 2.75) is 37.9 Å². The molecule has 0 aliphatic carbocycles. The average Bonchev–Trinajstić information content (AvgIpc) is 4.30. The fourth-order valence-electron chi connectivity index (χ4n) is 9.63. The number of alkyl halides is 4. The quantitative estimate of drug-likeness (QED) is 0.0568. The number of rotatable bonds is 16. The number of fused-ring (bicyclic) bond motifs is 2. The Kier molecular flexibility index (Phi) is 13.9. The summed E-state index contributed by atoms with van der Waals surface area (Å²) < 4.78 is 77.8. The highest BCUT2D eigenvalue weighted by molar-refractivity contribution is 6.10. The first-order valence-corrected chi connectivity index (χ1v) is 24.6. The van der Waals surface area contributed by atoms with Crippen LogP contribution in [0.2, 0.25) is 0 Å². The second-order valence-electron chi connectivity index (χ2n) is 19.3. The number of aromatic amines is 2. The van der Waals surface area contributed by atoms with Crippen LogP contribution in [-0.4, -0.2) is 113 Å². The maximum Gasteiger partial charge on any atom is 0.387 e. The number of hydrogen-bond acceptors (Lipinski definition) is 14. The first-order chi connectivity index (χ1) is 38.2. The van der Waals surface area contributed by atoms with E-state index in [0.29, 0.717) is 34.3 Å². The van der Waals surface area contributed by atoms with Crippen LogP contribution in [0.4, 0.5) is 28.9 Å². The predicted molar refractivity (Wildman–Crippen MR) is 281 cm³/mol. The fraction of sp³-hybridized carbons (Fsp3) is 0.200. The Labute approximate surface area is 446 Å². The van der Waals surface area contributed by atoms with Crippen LogP contribution in [0, 0.1) is 0 Å². The number of aromatic nitrogens is 10. The fourth-order valence-corrected chi connectivity index (χ4v) is 9.63. The normalized spacial score (nSPS) is 14.5. The van der Waals surface area contributed by atoms with E-state index < -0.39 is 25.0 Å². The zero-order valence-corrected chi connectivity index (χ0v) is 42.3. The van der Waals surface area contributed by atoms with Crippen LogP contribution in [-0.2, 0) is 10.8 Å². The molecule has 402 valence electrons. The van der Waals surface area contributed by atoms with Crippen molar-refractivity contribution in [1.82, 2.24) is 59.8 Å². The van der Waals surface area contributed by atoms with Crippen molar-refractivity contribution in [3.63, 3.8) is 0 Å². The van der Waals surface area contributed by atoms with Crippen LogP contribution in [0.3, 0.4) is 0 Å². The van der Waals surface area contributed by atoms with Gasteiger partial charge in [-0.3, -0.25) is 19.8 Å². The number of anilines is 2. The molecule has 2 amide bonds. The van der Waals surface area contributed by atoms with E-state index in [1.54, 1.807) is 61.2 Å². The van der Waals surface area contributed by atoms with Crippen molar-refractivity contribution >= 4 is 34.5 Å². The van der Waals surface area contributed by atoms with E-state index in [0.717, 1.165) is 37.3 Å². The SMILES string of the molecule is CC1(c2cccc(Oc3ccc(OC(F)F)c(-c4[nH]ncc4NC(=O)c4cnn5cccnc45)c3)c2)CNC1.CN1CC(C)(c2cccc(Oc3ccc(OC(F)F)c(-c4[nH]ncc4NC(=O)c4cnn5cccnc45)c3)c2)C1. The van der Waals surface area contributed by atoms with Gasteiger partial charge >= 0.3 is 13.2 Å². The van der Waals surface area contributed by atoms with Crippen molar-refractivity contribution in [1.29, 1.82) is 0 Å². The maximum absolute atomic E-state index is 13.3. The number of benzene rings is 4. The summed E-state index contributed by atoms with van der Waals surface area (Å²) in [6, 6.07) is 28.0. The van der Waals surface area contributed by atoms with Gasteiger partial charge in [-0.1, -0.05) is 38.1 Å². The maximum atomic E-state index is 13.3. The largest absolute Gasteiger partial charge is 0.457 e. The number of H-pyrrole nitrogens is 2. The van der Waals surface area contributed by atoms with Gasteiger partial charge < -0.3 is 39.8 Å². The highest BCUT2D eigenvalue weighted by Crippen LogP contribution is 2.42. The molecule has 4 aromatic carbocycles. The Bertz CT molecular complexity index is 3850. The topological polar surface area (TPSA) is 228 Å². The van der Waals surface area contributed by atoms with Gasteiger partial charge in [0.15, 0.2) is 11.3 Å². The van der Waals surface area contributed by atoms with E-state index in [1.165, 1.54) is 46.0 Å². The number of carbonyl (C=O) groups is 2. The minimum atomic E-state index is -3.06. The average molecular weight is 1080 g/mol. The van der Waals surface area contributed by atoms with Gasteiger partial charge in [0.1, 0.15) is 45.6 Å². The summed E-state index contributed by atoms with van der Waals surface area (Å²) in [4.78, 5) is 36.8. The number of carbonyl (C=O) groups excluding carboxylic acids is 2. The number of hydrogen-bond donors (Lipinski definition) is 5. The summed E-state index contributed by atoms with van der Waals surface area (Å²) >= 11 is 0. The molecular formula is C55H48F4N14O6. The highest BCUT2D eigenvalue weighted by Gasteiger charge is 2.38. The lowest BCUT2D eigenvalue weighted by Gasteiger charge is -2.46. The summed E-state index contributed by atoms with van der Waals surface area (Å²) in [5, 5.41) is 30.6. The predicted octanol–water partition coefficient (Wildman–Crippen LogP) is 9.59. The molecular weight excluding hydrogens is 1030 g/mol. The molecule has 24 heteroatoms. The van der Waals surface area contributed by atoms with E-state index in [1.807, 2.05) is 36.4 Å². The molecule has 2 aliphatic heterocycles. The summed E-state index contributed by atoms with van der Waals surface area (Å²) in [6.45, 7) is 1.90. The molecule has 6 aromatic heterocycles. The lowest BCUT2D eigenvalue weighted by atomic mass is 9.76. The van der Waals surface area contributed by atoms with E-state index >= 15 is 0 Å². The highest BCUT2D eigenvalue weighted by atomic mass is 19.3. The number of likely N-dealkylation sites (tertiary alicyclic amines) is 1. The molecule has 0 saturated carbocycles. The monoisotopic (exact) mass is 1080 g/mol. The molecule has 0 atom stereocenters. The van der Waals surface area contributed by atoms with E-state index in [-0.39, 0.29) is 67.3 Å². The minimum absolute atomic E-state index is 0.0269.